The quantitative estimate of drug-likeness (QED) is 0.402. The van der Waals surface area contributed by atoms with Crippen molar-refractivity contribution in [2.45, 2.75) is 25.8 Å². The molecule has 1 amide bonds. The molecule has 1 aliphatic rings. The third kappa shape index (κ3) is 5.69. The summed E-state index contributed by atoms with van der Waals surface area (Å²) in [5, 5.41) is 8.80. The van der Waals surface area contributed by atoms with Crippen LogP contribution in [0.4, 0.5) is 5.69 Å². The highest BCUT2D eigenvalue weighted by atomic mass is 79.9. The number of nitrogens with zero attached hydrogens (tertiary/aromatic N) is 1. The summed E-state index contributed by atoms with van der Waals surface area (Å²) in [4.78, 5) is 26.7. The van der Waals surface area contributed by atoms with Gasteiger partial charge in [-0.2, -0.15) is 0 Å². The minimum absolute atomic E-state index is 0.00668. The third-order valence-electron chi connectivity index (χ3n) is 5.55. The average molecular weight is 514 g/mol. The van der Waals surface area contributed by atoms with Crippen LogP contribution in [0.25, 0.3) is 0 Å². The van der Waals surface area contributed by atoms with E-state index in [1.165, 1.54) is 0 Å². The van der Waals surface area contributed by atoms with Crippen LogP contribution in [0.2, 0.25) is 0 Å². The number of benzene rings is 2. The summed E-state index contributed by atoms with van der Waals surface area (Å²) in [6, 6.07) is 12.3. The predicted molar refractivity (Wildman–Crippen MR) is 132 cm³/mol. The number of nitrogens with one attached hydrogen (secondary N) is 1. The van der Waals surface area contributed by atoms with Gasteiger partial charge in [0.25, 0.3) is 0 Å². The minimum Gasteiger partial charge on any atom is -0.496 e. The number of esters is 1. The first-order valence-electron chi connectivity index (χ1n) is 10.6. The number of fused-ring (bicyclic) bond motifs is 1. The Morgan fingerprint density at radius 3 is 2.67 bits per heavy atom. The van der Waals surface area contributed by atoms with E-state index in [0.29, 0.717) is 22.7 Å². The normalized spacial score (nSPS) is 16.1. The van der Waals surface area contributed by atoms with Crippen LogP contribution < -0.4 is 15.4 Å². The smallest absolute Gasteiger partial charge is 0.306 e. The Labute approximate surface area is 202 Å². The second-order valence-corrected chi connectivity index (χ2v) is 8.93. The van der Waals surface area contributed by atoms with Crippen molar-refractivity contribution >= 4 is 39.2 Å². The lowest BCUT2D eigenvalue weighted by molar-refractivity contribution is -0.143. The van der Waals surface area contributed by atoms with Crippen LogP contribution in [0.3, 0.4) is 0 Å². The number of ether oxygens (including phenoxy) is 2. The van der Waals surface area contributed by atoms with E-state index >= 15 is 0 Å². The number of rotatable bonds is 8. The summed E-state index contributed by atoms with van der Waals surface area (Å²) < 4.78 is 11.2. The van der Waals surface area contributed by atoms with E-state index in [1.54, 1.807) is 18.9 Å². The summed E-state index contributed by atoms with van der Waals surface area (Å²) in [7, 11) is 1.59. The van der Waals surface area contributed by atoms with Crippen LogP contribution in [-0.2, 0) is 14.3 Å². The maximum absolute atomic E-state index is 13.1. The van der Waals surface area contributed by atoms with Crippen LogP contribution in [0.5, 0.6) is 5.75 Å². The molecule has 0 saturated heterocycles. The molecule has 1 aliphatic heterocycles. The highest BCUT2D eigenvalue weighted by Gasteiger charge is 2.36. The molecule has 2 unspecified atom stereocenters. The predicted octanol–water partition coefficient (Wildman–Crippen LogP) is 4.39. The lowest BCUT2D eigenvalue weighted by Crippen LogP contribution is -2.46. The van der Waals surface area contributed by atoms with Crippen molar-refractivity contribution in [2.24, 2.45) is 11.7 Å². The molecule has 1 heterocycles. The standard InChI is InChI=1S/C25H28BrN3O4/c1-15(2)14-33-23(31)11-10-22(30)29-13-18(25(28)17-6-4-5-7-20(17)29)24(27)16-8-9-21(32-3)19(26)12-16/h4-9,12,18,24,28H,1,10-11,13-14,27H2,2-3H3. The van der Waals surface area contributed by atoms with E-state index in [-0.39, 0.29) is 31.9 Å². The zero-order chi connectivity index (χ0) is 24.1. The molecule has 0 saturated carbocycles. The van der Waals surface area contributed by atoms with Gasteiger partial charge in [-0.3, -0.25) is 9.59 Å². The van der Waals surface area contributed by atoms with Crippen molar-refractivity contribution in [3.8, 4) is 5.75 Å². The molecule has 0 aliphatic carbocycles. The average Bonchev–Trinajstić information content (AvgIpc) is 2.81. The van der Waals surface area contributed by atoms with Crippen LogP contribution in [0.1, 0.15) is 36.9 Å². The van der Waals surface area contributed by atoms with Gasteiger partial charge < -0.3 is 25.5 Å². The Bertz CT molecular complexity index is 1090. The van der Waals surface area contributed by atoms with Gasteiger partial charge in [-0.15, -0.1) is 0 Å². The Morgan fingerprint density at radius 1 is 1.27 bits per heavy atom. The van der Waals surface area contributed by atoms with Crippen LogP contribution >= 0.6 is 15.9 Å². The number of carbonyl (C=O) groups excluding carboxylic acids is 2. The fourth-order valence-corrected chi connectivity index (χ4v) is 4.35. The highest BCUT2D eigenvalue weighted by Crippen LogP contribution is 2.36. The van der Waals surface area contributed by atoms with Crippen LogP contribution in [0, 0.1) is 11.3 Å². The first-order chi connectivity index (χ1) is 15.7. The maximum Gasteiger partial charge on any atom is 0.306 e. The number of nitrogens with two attached hydrogens (primary N) is 1. The van der Waals surface area contributed by atoms with E-state index in [0.717, 1.165) is 15.6 Å². The second-order valence-electron chi connectivity index (χ2n) is 8.08. The van der Waals surface area contributed by atoms with Crippen LogP contribution in [-0.4, -0.2) is 37.8 Å². The fourth-order valence-electron chi connectivity index (χ4n) is 3.79. The molecular formula is C25H28BrN3O4. The molecule has 3 rings (SSSR count). The number of halogens is 1. The Kier molecular flexibility index (Phi) is 8.05. The number of methoxy groups -OCH3 is 1. The van der Waals surface area contributed by atoms with Gasteiger partial charge in [0.15, 0.2) is 0 Å². The van der Waals surface area contributed by atoms with Crippen LogP contribution in [0.15, 0.2) is 59.1 Å². The molecule has 0 aromatic heterocycles. The topological polar surface area (TPSA) is 106 Å². The lowest BCUT2D eigenvalue weighted by atomic mass is 9.82. The summed E-state index contributed by atoms with van der Waals surface area (Å²) in [5.74, 6) is -0.388. The second kappa shape index (κ2) is 10.8. The van der Waals surface area contributed by atoms with E-state index in [4.69, 9.17) is 20.6 Å². The van der Waals surface area contributed by atoms with Crippen molar-refractivity contribution in [3.63, 3.8) is 0 Å². The Hall–Kier alpha value is -2.97. The van der Waals surface area contributed by atoms with Crippen molar-refractivity contribution in [3.05, 3.63) is 70.2 Å². The Morgan fingerprint density at radius 2 is 2.00 bits per heavy atom. The number of carbonyl (C=O) groups is 2. The van der Waals surface area contributed by atoms with Crippen molar-refractivity contribution in [1.82, 2.24) is 0 Å². The van der Waals surface area contributed by atoms with E-state index < -0.39 is 17.9 Å². The van der Waals surface area contributed by atoms with Gasteiger partial charge in [0, 0.05) is 36.2 Å². The van der Waals surface area contributed by atoms with Crippen molar-refractivity contribution < 1.29 is 19.1 Å². The largest absolute Gasteiger partial charge is 0.496 e. The maximum atomic E-state index is 13.1. The number of hydrogen-bond donors (Lipinski definition) is 2. The van der Waals surface area contributed by atoms with E-state index in [9.17, 15) is 9.59 Å². The molecule has 0 bridgehead atoms. The number of hydrogen-bond acceptors (Lipinski definition) is 6. The molecule has 2 aromatic rings. The molecule has 0 spiro atoms. The van der Waals surface area contributed by atoms with Crippen molar-refractivity contribution in [2.75, 3.05) is 25.2 Å². The first kappa shape index (κ1) is 24.7. The molecule has 3 N–H and O–H groups in total. The van der Waals surface area contributed by atoms with Gasteiger partial charge in [-0.1, -0.05) is 30.8 Å². The zero-order valence-electron chi connectivity index (χ0n) is 18.8. The highest BCUT2D eigenvalue weighted by molar-refractivity contribution is 9.10. The zero-order valence-corrected chi connectivity index (χ0v) is 20.4. The van der Waals surface area contributed by atoms with Crippen molar-refractivity contribution in [1.29, 1.82) is 5.41 Å². The number of anilines is 1. The van der Waals surface area contributed by atoms with Gasteiger partial charge in [-0.25, -0.2) is 0 Å². The molecule has 2 aromatic carbocycles. The van der Waals surface area contributed by atoms with Gasteiger partial charge >= 0.3 is 5.97 Å². The summed E-state index contributed by atoms with van der Waals surface area (Å²) in [6.07, 6.45) is -0.0168. The molecule has 8 heteroatoms. The van der Waals surface area contributed by atoms with Gasteiger partial charge in [0.1, 0.15) is 12.4 Å². The van der Waals surface area contributed by atoms with Gasteiger partial charge in [0.05, 0.1) is 23.7 Å². The van der Waals surface area contributed by atoms with E-state index in [2.05, 4.69) is 22.5 Å². The summed E-state index contributed by atoms with van der Waals surface area (Å²) in [5.41, 5.74) is 9.87. The minimum atomic E-state index is -0.510. The first-order valence-corrected chi connectivity index (χ1v) is 11.4. The molecular weight excluding hydrogens is 486 g/mol. The van der Waals surface area contributed by atoms with E-state index in [1.807, 2.05) is 42.5 Å². The molecule has 0 radical (unpaired) electrons. The molecule has 0 fully saturated rings. The Balaban J connectivity index is 1.82. The molecule has 2 atom stereocenters. The third-order valence-corrected chi connectivity index (χ3v) is 6.17. The monoisotopic (exact) mass is 513 g/mol. The SMILES string of the molecule is C=C(C)COC(=O)CCC(=O)N1CC(C(N)c2ccc(OC)c(Br)c2)C(=N)c2ccccc21. The summed E-state index contributed by atoms with van der Waals surface area (Å²) in [6.45, 7) is 5.86. The molecule has 174 valence electrons. The van der Waals surface area contributed by atoms with Gasteiger partial charge in [-0.05, 0) is 52.2 Å². The summed E-state index contributed by atoms with van der Waals surface area (Å²) >= 11 is 3.48. The lowest BCUT2D eigenvalue weighted by Gasteiger charge is -2.38. The fraction of sp³-hybridized carbons (Fsp3) is 0.320. The molecule has 7 nitrogen and oxygen atoms in total. The van der Waals surface area contributed by atoms with Gasteiger partial charge in [0.2, 0.25) is 5.91 Å². The number of amides is 1. The molecule has 33 heavy (non-hydrogen) atoms. The number of para-hydroxylation sites is 1.